The molecule has 4 rings (SSSR count). The average molecular weight is 411 g/mol. The van der Waals surface area contributed by atoms with Crippen LogP contribution in [-0.4, -0.2) is 41.1 Å². The van der Waals surface area contributed by atoms with Gasteiger partial charge in [0, 0.05) is 5.41 Å². The molecule has 6 heteroatoms. The quantitative estimate of drug-likeness (QED) is 0.529. The van der Waals surface area contributed by atoms with Crippen LogP contribution in [0.25, 0.3) is 0 Å². The molecule has 3 unspecified atom stereocenters. The lowest BCUT2D eigenvalue weighted by Gasteiger charge is -2.63. The molecular weight excluding hydrogens is 383 g/mol. The van der Waals surface area contributed by atoms with Crippen molar-refractivity contribution in [3.63, 3.8) is 0 Å². The Morgan fingerprint density at radius 3 is 2.64 bits per heavy atom. The number of halogens is 2. The third kappa shape index (κ3) is 2.26. The van der Waals surface area contributed by atoms with Crippen LogP contribution in [0.15, 0.2) is 23.8 Å². The first-order valence-corrected chi connectivity index (χ1v) is 10.4. The van der Waals surface area contributed by atoms with Gasteiger partial charge in [0.25, 0.3) is 0 Å². The monoisotopic (exact) mass is 410 g/mol. The van der Waals surface area contributed by atoms with E-state index in [2.05, 4.69) is 0 Å². The molecule has 0 saturated heterocycles. The van der Waals surface area contributed by atoms with Gasteiger partial charge in [-0.2, -0.15) is 0 Å². The molecule has 0 bridgehead atoms. The third-order valence-corrected chi connectivity index (χ3v) is 9.35. The summed E-state index contributed by atoms with van der Waals surface area (Å²) in [6.45, 7) is 5.87. The maximum Gasteiger partial charge on any atom is 0.309 e. The zero-order valence-corrected chi connectivity index (χ0v) is 17.5. The first-order valence-electron chi connectivity index (χ1n) is 10.0. The van der Waals surface area contributed by atoms with Crippen LogP contribution in [0, 0.1) is 34.5 Å². The molecule has 4 aliphatic rings. The smallest absolute Gasteiger partial charge is 0.309 e. The van der Waals surface area contributed by atoms with Crippen molar-refractivity contribution < 1.29 is 23.8 Å². The third-order valence-electron chi connectivity index (χ3n) is 8.42. The molecule has 0 spiro atoms. The van der Waals surface area contributed by atoms with E-state index in [1.54, 1.807) is 6.08 Å². The molecule has 0 aromatic heterocycles. The van der Waals surface area contributed by atoms with Gasteiger partial charge in [0.15, 0.2) is 5.78 Å². The average Bonchev–Trinajstić information content (AvgIpc) is 2.89. The van der Waals surface area contributed by atoms with Crippen molar-refractivity contribution in [3.05, 3.63) is 23.8 Å². The van der Waals surface area contributed by atoms with Gasteiger partial charge in [-0.05, 0) is 60.2 Å². The van der Waals surface area contributed by atoms with E-state index in [1.165, 1.54) is 19.3 Å². The molecule has 0 heterocycles. The fraction of sp³-hybridized carbons (Fsp3) is 0.727. The molecular formula is C22H28ClFO4. The number of ether oxygens (including phenoxy) is 1. The van der Waals surface area contributed by atoms with Gasteiger partial charge >= 0.3 is 5.97 Å². The van der Waals surface area contributed by atoms with E-state index in [-0.39, 0.29) is 41.8 Å². The maximum atomic E-state index is 15.3. The number of esters is 1. The van der Waals surface area contributed by atoms with Crippen LogP contribution in [0.2, 0.25) is 0 Å². The minimum Gasteiger partial charge on any atom is -0.469 e. The molecule has 0 aromatic rings. The number of ketones is 1. The molecule has 3 saturated carbocycles. The maximum absolute atomic E-state index is 15.3. The number of carbonyl (C=O) groups excluding carboxylic acids is 2. The number of fused-ring (bicyclic) bond motifs is 5. The van der Waals surface area contributed by atoms with Gasteiger partial charge in [-0.3, -0.25) is 9.59 Å². The van der Waals surface area contributed by atoms with Crippen LogP contribution in [0.3, 0.4) is 0 Å². The van der Waals surface area contributed by atoms with Crippen LogP contribution >= 0.6 is 11.6 Å². The van der Waals surface area contributed by atoms with Crippen LogP contribution in [0.5, 0.6) is 0 Å². The number of hydrogen-bond donors (Lipinski definition) is 1. The van der Waals surface area contributed by atoms with Crippen LogP contribution in [0.4, 0.5) is 4.39 Å². The van der Waals surface area contributed by atoms with Crippen molar-refractivity contribution in [1.82, 2.24) is 0 Å². The Morgan fingerprint density at radius 1 is 1.32 bits per heavy atom. The molecule has 3 fully saturated rings. The molecule has 0 aliphatic heterocycles. The number of hydrogen-bond acceptors (Lipinski definition) is 4. The van der Waals surface area contributed by atoms with Crippen molar-refractivity contribution in [2.75, 3.05) is 7.11 Å². The summed E-state index contributed by atoms with van der Waals surface area (Å²) in [5.41, 5.74) is -1.08. The van der Waals surface area contributed by atoms with Gasteiger partial charge in [0.2, 0.25) is 0 Å². The highest BCUT2D eigenvalue weighted by Gasteiger charge is 2.72. The Kier molecular flexibility index (Phi) is 4.41. The number of aliphatic hydroxyl groups excluding tert-OH is 1. The number of allylic oxidation sites excluding steroid dienone is 4. The first kappa shape index (κ1) is 20.1. The van der Waals surface area contributed by atoms with Gasteiger partial charge in [-0.25, -0.2) is 4.39 Å². The summed E-state index contributed by atoms with van der Waals surface area (Å²) >= 11 is 7.26. The fourth-order valence-electron chi connectivity index (χ4n) is 7.20. The van der Waals surface area contributed by atoms with E-state index in [9.17, 15) is 14.7 Å². The van der Waals surface area contributed by atoms with Crippen molar-refractivity contribution >= 4 is 23.4 Å². The van der Waals surface area contributed by atoms with E-state index >= 15 is 4.39 Å². The van der Waals surface area contributed by atoms with Crippen molar-refractivity contribution in [2.24, 2.45) is 34.5 Å². The van der Waals surface area contributed by atoms with Crippen LogP contribution in [-0.2, 0) is 14.3 Å². The summed E-state index contributed by atoms with van der Waals surface area (Å²) in [5.74, 6) is -1.10. The number of rotatable bonds is 1. The van der Waals surface area contributed by atoms with E-state index in [4.69, 9.17) is 16.3 Å². The summed E-state index contributed by atoms with van der Waals surface area (Å²) in [7, 11) is 1.39. The second-order valence-electron chi connectivity index (χ2n) is 9.66. The van der Waals surface area contributed by atoms with Crippen molar-refractivity contribution in [2.45, 2.75) is 57.2 Å². The number of aliphatic hydroxyl groups is 1. The molecule has 28 heavy (non-hydrogen) atoms. The second kappa shape index (κ2) is 6.15. The van der Waals surface area contributed by atoms with Gasteiger partial charge in [-0.1, -0.05) is 26.8 Å². The topological polar surface area (TPSA) is 63.6 Å². The van der Waals surface area contributed by atoms with E-state index in [0.717, 1.165) is 6.42 Å². The van der Waals surface area contributed by atoms with E-state index < -0.39 is 28.0 Å². The van der Waals surface area contributed by atoms with Gasteiger partial charge in [0.05, 0.1) is 24.0 Å². The summed E-state index contributed by atoms with van der Waals surface area (Å²) in [6, 6.07) is 0. The molecule has 9 atom stereocenters. The van der Waals surface area contributed by atoms with Crippen molar-refractivity contribution in [3.8, 4) is 0 Å². The number of methoxy groups -OCH3 is 1. The van der Waals surface area contributed by atoms with Crippen molar-refractivity contribution in [1.29, 1.82) is 0 Å². The summed E-state index contributed by atoms with van der Waals surface area (Å²) < 4.78 is 20.4. The molecule has 4 aliphatic carbocycles. The molecule has 4 nitrogen and oxygen atoms in total. The summed E-state index contributed by atoms with van der Waals surface area (Å²) in [6.07, 6.45) is 3.48. The molecule has 1 N–H and O–H groups in total. The van der Waals surface area contributed by atoms with Crippen LogP contribution in [0.1, 0.15) is 40.0 Å². The Bertz CT molecular complexity index is 793. The molecule has 0 amide bonds. The Labute approximate surface area is 170 Å². The van der Waals surface area contributed by atoms with Gasteiger partial charge in [-0.15, -0.1) is 11.6 Å². The lowest BCUT2D eigenvalue weighted by Crippen LogP contribution is -2.67. The fourth-order valence-corrected chi connectivity index (χ4v) is 7.69. The van der Waals surface area contributed by atoms with Gasteiger partial charge < -0.3 is 9.84 Å². The first-order chi connectivity index (χ1) is 13.0. The Balaban J connectivity index is 1.84. The van der Waals surface area contributed by atoms with E-state index in [1.807, 2.05) is 20.8 Å². The lowest BCUT2D eigenvalue weighted by molar-refractivity contribution is -0.158. The Hall–Kier alpha value is -1.20. The second-order valence-corrected chi connectivity index (χ2v) is 10.3. The molecule has 154 valence electrons. The Morgan fingerprint density at radius 2 is 2.00 bits per heavy atom. The zero-order valence-electron chi connectivity index (χ0n) is 16.7. The predicted octanol–water partition coefficient (Wildman–Crippen LogP) is 3.61. The molecule has 0 aromatic carbocycles. The standard InChI is InChI=1S/C22H28ClFO4/c1-11-7-13-14-9-16(24)15-8-12(25)5-6-21(15,3)22(14,23)17(26)10-20(13,2)18(11)19(27)28-4/h5-6,8,11,13-14,16-18,26H,7,9-10H2,1-4H3/t11-,13?,14?,16+,17+,18?,20-,21+,22+/m1/s1. The highest BCUT2D eigenvalue weighted by molar-refractivity contribution is 6.26. The van der Waals surface area contributed by atoms with Gasteiger partial charge in [0.1, 0.15) is 6.17 Å². The largest absolute Gasteiger partial charge is 0.469 e. The highest BCUT2D eigenvalue weighted by atomic mass is 35.5. The number of alkyl halides is 2. The van der Waals surface area contributed by atoms with Crippen LogP contribution < -0.4 is 0 Å². The predicted molar refractivity (Wildman–Crippen MR) is 103 cm³/mol. The normalized spacial score (nSPS) is 52.4. The van der Waals surface area contributed by atoms with E-state index in [0.29, 0.717) is 12.0 Å². The number of carbonyl (C=O) groups is 2. The minimum absolute atomic E-state index is 0.00449. The molecule has 0 radical (unpaired) electrons. The minimum atomic E-state index is -1.29. The highest BCUT2D eigenvalue weighted by Crippen LogP contribution is 2.70. The zero-order chi connectivity index (χ0) is 20.6. The summed E-state index contributed by atoms with van der Waals surface area (Å²) in [5, 5.41) is 11.3. The SMILES string of the molecule is COC(=O)C1[C@H](C)CC2C3C[C@H](F)C4=CC(=O)C=C[C@]4(C)[C@@]3(Cl)[C@@H](O)C[C@]21C. The summed E-state index contributed by atoms with van der Waals surface area (Å²) in [4.78, 5) is 23.3. The lowest BCUT2D eigenvalue weighted by atomic mass is 9.46.